The maximum Gasteiger partial charge on any atom is 0.130 e. The fourth-order valence-corrected chi connectivity index (χ4v) is 2.10. The lowest BCUT2D eigenvalue weighted by Crippen LogP contribution is -2.06. The van der Waals surface area contributed by atoms with Crippen LogP contribution < -0.4 is 0 Å². The Labute approximate surface area is 109 Å². The van der Waals surface area contributed by atoms with E-state index in [1.54, 1.807) is 6.92 Å². The van der Waals surface area contributed by atoms with Crippen LogP contribution in [0, 0.1) is 18.6 Å². The molecule has 0 amide bonds. The third kappa shape index (κ3) is 2.37. The zero-order chi connectivity index (χ0) is 13.3. The van der Waals surface area contributed by atoms with Crippen molar-refractivity contribution in [3.05, 3.63) is 69.7 Å². The predicted molar refractivity (Wildman–Crippen MR) is 66.6 cm³/mol. The van der Waals surface area contributed by atoms with Gasteiger partial charge in [-0.2, -0.15) is 0 Å². The van der Waals surface area contributed by atoms with Crippen LogP contribution in [-0.2, 0) is 0 Å². The largest absolute Gasteiger partial charge is 0.383 e. The van der Waals surface area contributed by atoms with E-state index < -0.39 is 17.7 Å². The van der Waals surface area contributed by atoms with Crippen molar-refractivity contribution in [1.82, 2.24) is 0 Å². The summed E-state index contributed by atoms with van der Waals surface area (Å²) in [6, 6.07) is 8.14. The summed E-state index contributed by atoms with van der Waals surface area (Å²) in [5, 5.41) is 10.3. The van der Waals surface area contributed by atoms with Gasteiger partial charge in [0.05, 0.1) is 0 Å². The van der Waals surface area contributed by atoms with Gasteiger partial charge >= 0.3 is 0 Å². The van der Waals surface area contributed by atoms with Crippen LogP contribution in [-0.4, -0.2) is 5.11 Å². The molecule has 1 nitrogen and oxygen atoms in total. The van der Waals surface area contributed by atoms with E-state index in [0.29, 0.717) is 11.1 Å². The average molecular weight is 269 g/mol. The number of rotatable bonds is 2. The van der Waals surface area contributed by atoms with Gasteiger partial charge in [0.25, 0.3) is 0 Å². The molecule has 0 saturated heterocycles. The Morgan fingerprint density at radius 2 is 1.89 bits per heavy atom. The van der Waals surface area contributed by atoms with Crippen molar-refractivity contribution in [3.8, 4) is 0 Å². The van der Waals surface area contributed by atoms with E-state index in [2.05, 4.69) is 0 Å². The molecule has 0 fully saturated rings. The molecule has 1 N–H and O–H groups in total. The molecular weight excluding hydrogens is 258 g/mol. The van der Waals surface area contributed by atoms with Gasteiger partial charge in [0.2, 0.25) is 0 Å². The fourth-order valence-electron chi connectivity index (χ4n) is 1.83. The van der Waals surface area contributed by atoms with E-state index in [-0.39, 0.29) is 10.6 Å². The zero-order valence-electron chi connectivity index (χ0n) is 9.62. The fraction of sp³-hybridized carbons (Fsp3) is 0.143. The van der Waals surface area contributed by atoms with E-state index in [9.17, 15) is 13.9 Å². The number of halogens is 3. The van der Waals surface area contributed by atoms with Crippen LogP contribution in [0.5, 0.6) is 0 Å². The van der Waals surface area contributed by atoms with Crippen molar-refractivity contribution in [1.29, 1.82) is 0 Å². The first kappa shape index (κ1) is 13.0. The Kier molecular flexibility index (Phi) is 3.64. The van der Waals surface area contributed by atoms with Gasteiger partial charge < -0.3 is 5.11 Å². The SMILES string of the molecule is Cc1ccc(F)cc1C(O)c1c(F)cccc1Cl. The van der Waals surface area contributed by atoms with Crippen LogP contribution in [0.1, 0.15) is 22.8 Å². The van der Waals surface area contributed by atoms with Gasteiger partial charge in [-0.25, -0.2) is 8.78 Å². The highest BCUT2D eigenvalue weighted by atomic mass is 35.5. The summed E-state index contributed by atoms with van der Waals surface area (Å²) in [4.78, 5) is 0. The molecule has 0 aliphatic heterocycles. The monoisotopic (exact) mass is 268 g/mol. The molecule has 1 unspecified atom stereocenters. The van der Waals surface area contributed by atoms with Crippen LogP contribution in [0.2, 0.25) is 5.02 Å². The molecule has 2 aromatic rings. The molecule has 2 rings (SSSR count). The first-order chi connectivity index (χ1) is 8.50. The first-order valence-corrected chi connectivity index (χ1v) is 5.76. The maximum absolute atomic E-state index is 13.7. The molecular formula is C14H11ClF2O. The van der Waals surface area contributed by atoms with Crippen molar-refractivity contribution < 1.29 is 13.9 Å². The van der Waals surface area contributed by atoms with Gasteiger partial charge in [0.1, 0.15) is 17.7 Å². The Morgan fingerprint density at radius 3 is 2.56 bits per heavy atom. The molecule has 0 bridgehead atoms. The van der Waals surface area contributed by atoms with Gasteiger partial charge in [0, 0.05) is 10.6 Å². The van der Waals surface area contributed by atoms with E-state index in [1.165, 1.54) is 36.4 Å². The standard InChI is InChI=1S/C14H11ClF2O/c1-8-5-6-9(16)7-10(8)14(18)13-11(15)3-2-4-12(13)17/h2-7,14,18H,1H3. The first-order valence-electron chi connectivity index (χ1n) is 5.38. The van der Waals surface area contributed by atoms with Crippen LogP contribution in [0.3, 0.4) is 0 Å². The number of hydrogen-bond acceptors (Lipinski definition) is 1. The highest BCUT2D eigenvalue weighted by molar-refractivity contribution is 6.31. The normalized spacial score (nSPS) is 12.5. The van der Waals surface area contributed by atoms with Crippen molar-refractivity contribution in [3.63, 3.8) is 0 Å². The second kappa shape index (κ2) is 5.04. The Morgan fingerprint density at radius 1 is 1.17 bits per heavy atom. The Hall–Kier alpha value is -1.45. The van der Waals surface area contributed by atoms with E-state index in [4.69, 9.17) is 11.6 Å². The lowest BCUT2D eigenvalue weighted by atomic mass is 9.97. The smallest absolute Gasteiger partial charge is 0.130 e. The average Bonchev–Trinajstić information content (AvgIpc) is 2.32. The van der Waals surface area contributed by atoms with Crippen LogP contribution >= 0.6 is 11.6 Å². The Balaban J connectivity index is 2.54. The van der Waals surface area contributed by atoms with Crippen molar-refractivity contribution >= 4 is 11.6 Å². The predicted octanol–water partition coefficient (Wildman–Crippen LogP) is 4.01. The Bertz CT molecular complexity index is 564. The van der Waals surface area contributed by atoms with Crippen molar-refractivity contribution in [2.75, 3.05) is 0 Å². The second-order valence-corrected chi connectivity index (χ2v) is 4.45. The zero-order valence-corrected chi connectivity index (χ0v) is 10.4. The van der Waals surface area contributed by atoms with Crippen LogP contribution in [0.25, 0.3) is 0 Å². The molecule has 0 saturated carbocycles. The van der Waals surface area contributed by atoms with Gasteiger partial charge in [-0.1, -0.05) is 23.7 Å². The molecule has 1 atom stereocenters. The summed E-state index contributed by atoms with van der Waals surface area (Å²) in [5.41, 5.74) is 0.943. The highest BCUT2D eigenvalue weighted by Crippen LogP contribution is 2.32. The quantitative estimate of drug-likeness (QED) is 0.873. The van der Waals surface area contributed by atoms with E-state index in [1.807, 2.05) is 0 Å². The summed E-state index contributed by atoms with van der Waals surface area (Å²) < 4.78 is 26.9. The molecule has 0 aliphatic rings. The summed E-state index contributed by atoms with van der Waals surface area (Å²) in [7, 11) is 0. The molecule has 0 radical (unpaired) electrons. The minimum Gasteiger partial charge on any atom is -0.383 e. The third-order valence-electron chi connectivity index (χ3n) is 2.81. The minimum atomic E-state index is -1.28. The van der Waals surface area contributed by atoms with Gasteiger partial charge in [-0.3, -0.25) is 0 Å². The van der Waals surface area contributed by atoms with Crippen LogP contribution in [0.15, 0.2) is 36.4 Å². The minimum absolute atomic E-state index is 0.0344. The number of aliphatic hydroxyl groups excluding tert-OH is 1. The molecule has 4 heteroatoms. The van der Waals surface area contributed by atoms with Crippen LogP contribution in [0.4, 0.5) is 8.78 Å². The topological polar surface area (TPSA) is 20.2 Å². The summed E-state index contributed by atoms with van der Waals surface area (Å²) >= 11 is 5.87. The maximum atomic E-state index is 13.7. The van der Waals surface area contributed by atoms with E-state index in [0.717, 1.165) is 0 Å². The lowest BCUT2D eigenvalue weighted by Gasteiger charge is -2.16. The van der Waals surface area contributed by atoms with Crippen molar-refractivity contribution in [2.45, 2.75) is 13.0 Å². The van der Waals surface area contributed by atoms with Crippen molar-refractivity contribution in [2.24, 2.45) is 0 Å². The lowest BCUT2D eigenvalue weighted by molar-refractivity contribution is 0.214. The number of aliphatic hydroxyl groups is 1. The molecule has 0 aromatic heterocycles. The number of hydrogen-bond donors (Lipinski definition) is 1. The molecule has 0 aliphatic carbocycles. The highest BCUT2D eigenvalue weighted by Gasteiger charge is 2.20. The summed E-state index contributed by atoms with van der Waals surface area (Å²) in [5.74, 6) is -1.10. The third-order valence-corrected chi connectivity index (χ3v) is 3.14. The van der Waals surface area contributed by atoms with Gasteiger partial charge in [-0.05, 0) is 42.3 Å². The second-order valence-electron chi connectivity index (χ2n) is 4.04. The molecule has 94 valence electrons. The summed E-state index contributed by atoms with van der Waals surface area (Å²) in [6.45, 7) is 1.72. The molecule has 0 heterocycles. The number of aryl methyl sites for hydroxylation is 1. The van der Waals surface area contributed by atoms with Gasteiger partial charge in [-0.15, -0.1) is 0 Å². The van der Waals surface area contributed by atoms with Gasteiger partial charge in [0.15, 0.2) is 0 Å². The summed E-state index contributed by atoms with van der Waals surface area (Å²) in [6.07, 6.45) is -1.28. The van der Waals surface area contributed by atoms with E-state index >= 15 is 0 Å². The molecule has 2 aromatic carbocycles. The molecule has 18 heavy (non-hydrogen) atoms. The molecule has 0 spiro atoms. The number of benzene rings is 2.